The highest BCUT2D eigenvalue weighted by molar-refractivity contribution is 6.49. The first-order valence-corrected chi connectivity index (χ1v) is 13.6. The molecule has 0 N–H and O–H groups in total. The average molecular weight is 414 g/mol. The summed E-state index contributed by atoms with van der Waals surface area (Å²) in [6.07, 6.45) is 0. The predicted molar refractivity (Wildman–Crippen MR) is 131 cm³/mol. The van der Waals surface area contributed by atoms with Gasteiger partial charge in [0, 0.05) is 0 Å². The van der Waals surface area contributed by atoms with Gasteiger partial charge in [0.25, 0.3) is 9.28 Å². The smallest absolute Gasteiger partial charge is 0.272 e. The third-order valence-corrected chi connectivity index (χ3v) is 7.80. The molecule has 0 saturated heterocycles. The van der Waals surface area contributed by atoms with Crippen molar-refractivity contribution in [1.29, 1.82) is 0 Å². The Bertz CT molecular complexity index is 293. The molecule has 0 aromatic carbocycles. The van der Waals surface area contributed by atoms with E-state index in [0.29, 0.717) is 35.5 Å². The normalized spacial score (nSPS) is 13.5. The molecule has 0 aromatic heterocycles. The van der Waals surface area contributed by atoms with Crippen LogP contribution in [0.4, 0.5) is 0 Å². The van der Waals surface area contributed by atoms with Gasteiger partial charge in [-0.1, -0.05) is 83.1 Å². The van der Waals surface area contributed by atoms with Gasteiger partial charge in [0.05, 0.1) is 0 Å². The molecular weight excluding hydrogens is 358 g/mol. The summed E-state index contributed by atoms with van der Waals surface area (Å²) in [5.41, 5.74) is 0. The molecule has 170 valence electrons. The molecule has 0 unspecified atom stereocenters. The molecule has 0 rings (SSSR count). The Morgan fingerprint density at radius 2 is 0.500 bits per heavy atom. The van der Waals surface area contributed by atoms with E-state index in [0.717, 1.165) is 0 Å². The lowest BCUT2D eigenvalue weighted by molar-refractivity contribution is 0.201. The van der Waals surface area contributed by atoms with Crippen molar-refractivity contribution in [2.45, 2.75) is 83.1 Å². The van der Waals surface area contributed by atoms with Crippen LogP contribution < -0.4 is 0 Å². The van der Waals surface area contributed by atoms with Gasteiger partial charge in [-0.05, 0) is 74.8 Å². The molecule has 0 aliphatic heterocycles. The molecule has 0 bridgehead atoms. The Kier molecular flexibility index (Phi) is 14.2. The topological polar surface area (TPSA) is 9.72 Å². The third-order valence-electron chi connectivity index (χ3n) is 4.58. The SMILES string of the molecule is CC(C)CN(CC(C)C)[SiH](N(CC(C)C)CC(C)C)N(CC(C)C)CC(C)C. The van der Waals surface area contributed by atoms with Crippen LogP contribution in [0.1, 0.15) is 83.1 Å². The molecule has 4 heteroatoms. The van der Waals surface area contributed by atoms with Gasteiger partial charge >= 0.3 is 0 Å². The van der Waals surface area contributed by atoms with E-state index in [1.54, 1.807) is 0 Å². The van der Waals surface area contributed by atoms with Gasteiger partial charge in [-0.3, -0.25) is 0 Å². The van der Waals surface area contributed by atoms with Crippen molar-refractivity contribution >= 4 is 9.28 Å². The minimum atomic E-state index is -1.42. The standard InChI is InChI=1S/C24H55N3Si/c1-19(2)13-25(14-20(3)4)28(26(15-21(5)6)16-22(7)8)27(17-23(9)10)18-24(11)12/h19-24,28H,13-18H2,1-12H3. The lowest BCUT2D eigenvalue weighted by Crippen LogP contribution is -2.66. The van der Waals surface area contributed by atoms with E-state index in [4.69, 9.17) is 0 Å². The van der Waals surface area contributed by atoms with Crippen LogP contribution in [0, 0.1) is 35.5 Å². The van der Waals surface area contributed by atoms with Crippen molar-refractivity contribution in [2.75, 3.05) is 39.3 Å². The molecule has 0 fully saturated rings. The summed E-state index contributed by atoms with van der Waals surface area (Å²) in [7, 11) is -1.42. The van der Waals surface area contributed by atoms with E-state index in [9.17, 15) is 0 Å². The number of hydrogen-bond donors (Lipinski definition) is 0. The van der Waals surface area contributed by atoms with E-state index < -0.39 is 9.28 Å². The van der Waals surface area contributed by atoms with Gasteiger partial charge in [-0.15, -0.1) is 0 Å². The summed E-state index contributed by atoms with van der Waals surface area (Å²) < 4.78 is 8.81. The molecule has 0 aliphatic carbocycles. The summed E-state index contributed by atoms with van der Waals surface area (Å²) in [5, 5.41) is 0. The highest BCUT2D eigenvalue weighted by atomic mass is 28.3. The minimum Gasteiger partial charge on any atom is -0.301 e. The van der Waals surface area contributed by atoms with Gasteiger partial charge in [0.15, 0.2) is 0 Å². The third kappa shape index (κ3) is 12.6. The van der Waals surface area contributed by atoms with Crippen LogP contribution in [-0.2, 0) is 0 Å². The summed E-state index contributed by atoms with van der Waals surface area (Å²) in [6.45, 7) is 36.1. The quantitative estimate of drug-likeness (QED) is 0.326. The zero-order valence-corrected chi connectivity index (χ0v) is 22.8. The molecule has 0 atom stereocenters. The summed E-state index contributed by atoms with van der Waals surface area (Å²) >= 11 is 0. The summed E-state index contributed by atoms with van der Waals surface area (Å²) in [6, 6.07) is 0. The molecule has 0 radical (unpaired) electrons. The maximum atomic E-state index is 2.94. The van der Waals surface area contributed by atoms with Crippen LogP contribution in [-0.4, -0.2) is 62.2 Å². The molecule has 0 heterocycles. The molecule has 0 aliphatic rings. The largest absolute Gasteiger partial charge is 0.301 e. The zero-order chi connectivity index (χ0) is 22.0. The zero-order valence-electron chi connectivity index (χ0n) is 21.6. The Hall–Kier alpha value is 0.0969. The molecule has 0 aromatic rings. The van der Waals surface area contributed by atoms with E-state index in [1.165, 1.54) is 39.3 Å². The fourth-order valence-electron chi connectivity index (χ4n) is 4.30. The Morgan fingerprint density at radius 1 is 0.357 bits per heavy atom. The first-order chi connectivity index (χ1) is 12.8. The van der Waals surface area contributed by atoms with Gasteiger partial charge in [0.2, 0.25) is 0 Å². The predicted octanol–water partition coefficient (Wildman–Crippen LogP) is 5.55. The van der Waals surface area contributed by atoms with Crippen LogP contribution in [0.25, 0.3) is 0 Å². The highest BCUT2D eigenvalue weighted by Gasteiger charge is 2.35. The fraction of sp³-hybridized carbons (Fsp3) is 1.00. The number of nitrogens with zero attached hydrogens (tertiary/aromatic N) is 3. The van der Waals surface area contributed by atoms with Crippen molar-refractivity contribution in [1.82, 2.24) is 13.7 Å². The van der Waals surface area contributed by atoms with Crippen LogP contribution in [0.5, 0.6) is 0 Å². The van der Waals surface area contributed by atoms with E-state index in [2.05, 4.69) is 96.8 Å². The summed E-state index contributed by atoms with van der Waals surface area (Å²) in [4.78, 5) is 0. The minimum absolute atomic E-state index is 0.716. The van der Waals surface area contributed by atoms with Gasteiger partial charge in [-0.2, -0.15) is 0 Å². The first kappa shape index (κ1) is 28.1. The molecular formula is C24H55N3Si. The maximum absolute atomic E-state index is 2.94. The maximum Gasteiger partial charge on any atom is 0.272 e. The molecule has 0 spiro atoms. The van der Waals surface area contributed by atoms with Crippen molar-refractivity contribution in [3.05, 3.63) is 0 Å². The van der Waals surface area contributed by atoms with Crippen molar-refractivity contribution in [2.24, 2.45) is 35.5 Å². The molecule has 0 amide bonds. The lowest BCUT2D eigenvalue weighted by atomic mass is 10.2. The monoisotopic (exact) mass is 413 g/mol. The van der Waals surface area contributed by atoms with Crippen LogP contribution >= 0.6 is 0 Å². The Labute approximate surface area is 181 Å². The average Bonchev–Trinajstić information content (AvgIpc) is 2.42. The summed E-state index contributed by atoms with van der Waals surface area (Å²) in [5.74, 6) is 4.30. The van der Waals surface area contributed by atoms with Gasteiger partial charge in [0.1, 0.15) is 0 Å². The van der Waals surface area contributed by atoms with Gasteiger partial charge < -0.3 is 13.7 Å². The van der Waals surface area contributed by atoms with Crippen LogP contribution in [0.2, 0.25) is 0 Å². The number of rotatable bonds is 15. The Morgan fingerprint density at radius 3 is 0.607 bits per heavy atom. The molecule has 0 saturated carbocycles. The second-order valence-corrected chi connectivity index (χ2v) is 14.5. The molecule has 3 nitrogen and oxygen atoms in total. The fourth-order valence-corrected chi connectivity index (χ4v) is 9.34. The van der Waals surface area contributed by atoms with Gasteiger partial charge in [-0.25, -0.2) is 0 Å². The Balaban J connectivity index is 6.12. The van der Waals surface area contributed by atoms with E-state index in [1.807, 2.05) is 0 Å². The van der Waals surface area contributed by atoms with Crippen LogP contribution in [0.3, 0.4) is 0 Å². The van der Waals surface area contributed by atoms with Crippen molar-refractivity contribution in [3.8, 4) is 0 Å². The van der Waals surface area contributed by atoms with Crippen molar-refractivity contribution < 1.29 is 0 Å². The van der Waals surface area contributed by atoms with E-state index >= 15 is 0 Å². The van der Waals surface area contributed by atoms with E-state index in [-0.39, 0.29) is 0 Å². The second kappa shape index (κ2) is 14.2. The second-order valence-electron chi connectivity index (χ2n) is 11.6. The number of hydrogen-bond acceptors (Lipinski definition) is 3. The van der Waals surface area contributed by atoms with Crippen LogP contribution in [0.15, 0.2) is 0 Å². The lowest BCUT2D eigenvalue weighted by Gasteiger charge is -2.47. The molecule has 28 heavy (non-hydrogen) atoms. The highest BCUT2D eigenvalue weighted by Crippen LogP contribution is 2.19. The first-order valence-electron chi connectivity index (χ1n) is 12.0. The van der Waals surface area contributed by atoms with Crippen molar-refractivity contribution in [3.63, 3.8) is 0 Å².